The van der Waals surface area contributed by atoms with Gasteiger partial charge in [0.2, 0.25) is 0 Å². The van der Waals surface area contributed by atoms with E-state index in [1.807, 2.05) is 55.5 Å². The molecule has 0 radical (unpaired) electrons. The minimum Gasteiger partial charge on any atom is -0.493 e. The number of halogens is 1. The average Bonchev–Trinajstić information content (AvgIpc) is 3.05. The van der Waals surface area contributed by atoms with Crippen LogP contribution in [0.3, 0.4) is 0 Å². The zero-order chi connectivity index (χ0) is 17.5. The van der Waals surface area contributed by atoms with Gasteiger partial charge in [-0.1, -0.05) is 45.9 Å². The summed E-state index contributed by atoms with van der Waals surface area (Å²) in [6.45, 7) is 2.83. The van der Waals surface area contributed by atoms with Crippen molar-refractivity contribution in [3.8, 4) is 11.5 Å². The van der Waals surface area contributed by atoms with E-state index in [0.717, 1.165) is 21.5 Å². The Bertz CT molecular complexity index is 825. The van der Waals surface area contributed by atoms with Gasteiger partial charge in [0.1, 0.15) is 11.5 Å². The summed E-state index contributed by atoms with van der Waals surface area (Å²) in [6, 6.07) is 15.6. The quantitative estimate of drug-likeness (QED) is 0.381. The summed E-state index contributed by atoms with van der Waals surface area (Å²) in [6.07, 6.45) is 0. The Hall–Kier alpha value is -1.99. The van der Waals surface area contributed by atoms with Crippen LogP contribution >= 0.6 is 27.7 Å². The van der Waals surface area contributed by atoms with E-state index in [9.17, 15) is 0 Å². The monoisotopic (exact) mass is 420 g/mol. The first kappa shape index (κ1) is 17.8. The lowest BCUT2D eigenvalue weighted by atomic mass is 10.2. The first-order chi connectivity index (χ1) is 12.2. The lowest BCUT2D eigenvalue weighted by molar-refractivity contribution is 0.252. The minimum atomic E-state index is 0.256. The Balaban J connectivity index is 1.41. The highest BCUT2D eigenvalue weighted by Crippen LogP contribution is 2.20. The van der Waals surface area contributed by atoms with Crippen molar-refractivity contribution >= 4 is 27.7 Å². The fraction of sp³-hybridized carbons (Fsp3) is 0.222. The summed E-state index contributed by atoms with van der Waals surface area (Å²) in [4.78, 5) is 0. The van der Waals surface area contributed by atoms with E-state index in [1.165, 1.54) is 11.8 Å². The first-order valence-corrected chi connectivity index (χ1v) is 9.50. The highest BCUT2D eigenvalue weighted by atomic mass is 79.9. The molecule has 0 atom stereocenters. The molecule has 0 aliphatic carbocycles. The molecule has 0 fully saturated rings. The molecule has 1 heterocycles. The summed E-state index contributed by atoms with van der Waals surface area (Å²) in [7, 11) is 0. The number of ether oxygens (including phenoxy) is 2. The van der Waals surface area contributed by atoms with E-state index < -0.39 is 0 Å². The molecule has 0 spiro atoms. The maximum atomic E-state index is 5.67. The van der Waals surface area contributed by atoms with Gasteiger partial charge >= 0.3 is 0 Å². The number of hydrogen-bond acceptors (Lipinski definition) is 6. The van der Waals surface area contributed by atoms with E-state index in [2.05, 4.69) is 26.1 Å². The Morgan fingerprint density at radius 3 is 2.64 bits per heavy atom. The van der Waals surface area contributed by atoms with Crippen molar-refractivity contribution in [3.63, 3.8) is 0 Å². The lowest BCUT2D eigenvalue weighted by Gasteiger charge is -2.05. The third-order valence-corrected chi connectivity index (χ3v) is 4.45. The number of benzene rings is 2. The van der Waals surface area contributed by atoms with Crippen LogP contribution in [0.2, 0.25) is 0 Å². The normalized spacial score (nSPS) is 10.6. The van der Waals surface area contributed by atoms with E-state index >= 15 is 0 Å². The van der Waals surface area contributed by atoms with Crippen molar-refractivity contribution in [3.05, 3.63) is 64.5 Å². The first-order valence-electron chi connectivity index (χ1n) is 7.72. The van der Waals surface area contributed by atoms with Crippen molar-refractivity contribution in [2.75, 3.05) is 12.4 Å². The third kappa shape index (κ3) is 5.79. The van der Waals surface area contributed by atoms with Crippen LogP contribution in [-0.4, -0.2) is 22.6 Å². The Labute approximate surface area is 158 Å². The zero-order valence-electron chi connectivity index (χ0n) is 13.6. The molecule has 130 valence electrons. The van der Waals surface area contributed by atoms with Gasteiger partial charge in [0.15, 0.2) is 6.61 Å². The summed E-state index contributed by atoms with van der Waals surface area (Å²) < 4.78 is 17.9. The highest BCUT2D eigenvalue weighted by molar-refractivity contribution is 9.10. The molecular weight excluding hydrogens is 404 g/mol. The standard InChI is InChI=1S/C18H17BrN2O3S/c1-13-4-2-6-15(10-13)23-12-17-20-21-18(24-17)25-9-8-22-16-7-3-5-14(19)11-16/h2-7,10-11H,8-9,12H2,1H3. The molecule has 0 aliphatic heterocycles. The van der Waals surface area contributed by atoms with Gasteiger partial charge in [0, 0.05) is 10.2 Å². The Morgan fingerprint density at radius 2 is 1.84 bits per heavy atom. The molecule has 0 amide bonds. The lowest BCUT2D eigenvalue weighted by Crippen LogP contribution is -1.99. The van der Waals surface area contributed by atoms with Crippen molar-refractivity contribution in [2.24, 2.45) is 0 Å². The fourth-order valence-electron chi connectivity index (χ4n) is 2.05. The molecule has 25 heavy (non-hydrogen) atoms. The van der Waals surface area contributed by atoms with E-state index in [4.69, 9.17) is 13.9 Å². The van der Waals surface area contributed by atoms with E-state index in [-0.39, 0.29) is 6.61 Å². The van der Waals surface area contributed by atoms with Crippen LogP contribution in [0.15, 0.2) is 62.6 Å². The second-order valence-corrected chi connectivity index (χ2v) is 7.18. The molecule has 0 N–H and O–H groups in total. The molecule has 1 aromatic heterocycles. The second kappa shape index (κ2) is 8.92. The van der Waals surface area contributed by atoms with Crippen LogP contribution < -0.4 is 9.47 Å². The predicted molar refractivity (Wildman–Crippen MR) is 100 cm³/mol. The maximum Gasteiger partial charge on any atom is 0.276 e. The van der Waals surface area contributed by atoms with Gasteiger partial charge in [-0.05, 0) is 42.8 Å². The minimum absolute atomic E-state index is 0.256. The molecule has 5 nitrogen and oxygen atoms in total. The molecule has 0 saturated carbocycles. The maximum absolute atomic E-state index is 5.67. The van der Waals surface area contributed by atoms with Gasteiger partial charge < -0.3 is 13.9 Å². The smallest absolute Gasteiger partial charge is 0.276 e. The van der Waals surface area contributed by atoms with Gasteiger partial charge in [-0.3, -0.25) is 0 Å². The van der Waals surface area contributed by atoms with Crippen LogP contribution in [-0.2, 0) is 6.61 Å². The average molecular weight is 421 g/mol. The summed E-state index contributed by atoms with van der Waals surface area (Å²) in [5, 5.41) is 8.52. The number of aryl methyl sites for hydroxylation is 1. The van der Waals surface area contributed by atoms with Gasteiger partial charge in [-0.25, -0.2) is 0 Å². The summed E-state index contributed by atoms with van der Waals surface area (Å²) in [5.74, 6) is 2.78. The van der Waals surface area contributed by atoms with Crippen LogP contribution in [0.4, 0.5) is 0 Å². The van der Waals surface area contributed by atoms with Crippen molar-refractivity contribution in [1.82, 2.24) is 10.2 Å². The molecule has 0 unspecified atom stereocenters. The largest absolute Gasteiger partial charge is 0.493 e. The fourth-order valence-corrected chi connectivity index (χ4v) is 3.02. The van der Waals surface area contributed by atoms with Crippen LogP contribution in [0, 0.1) is 6.92 Å². The second-order valence-electron chi connectivity index (χ2n) is 5.22. The van der Waals surface area contributed by atoms with Crippen LogP contribution in [0.1, 0.15) is 11.5 Å². The molecule has 7 heteroatoms. The van der Waals surface area contributed by atoms with Gasteiger partial charge in [-0.2, -0.15) is 0 Å². The molecule has 0 saturated heterocycles. The summed E-state index contributed by atoms with van der Waals surface area (Å²) >= 11 is 4.87. The predicted octanol–water partition coefficient (Wildman–Crippen LogP) is 4.89. The molecule has 0 aliphatic rings. The van der Waals surface area contributed by atoms with Crippen LogP contribution in [0.25, 0.3) is 0 Å². The Kier molecular flexibility index (Phi) is 6.36. The zero-order valence-corrected chi connectivity index (χ0v) is 16.0. The molecular formula is C18H17BrN2O3S. The van der Waals surface area contributed by atoms with E-state index in [1.54, 1.807) is 0 Å². The van der Waals surface area contributed by atoms with Crippen molar-refractivity contribution < 1.29 is 13.9 Å². The molecule has 3 aromatic rings. The highest BCUT2D eigenvalue weighted by Gasteiger charge is 2.08. The van der Waals surface area contributed by atoms with Gasteiger partial charge in [0.25, 0.3) is 11.1 Å². The van der Waals surface area contributed by atoms with Crippen LogP contribution in [0.5, 0.6) is 11.5 Å². The Morgan fingerprint density at radius 1 is 1.04 bits per heavy atom. The topological polar surface area (TPSA) is 57.4 Å². The number of thioether (sulfide) groups is 1. The number of rotatable bonds is 8. The van der Waals surface area contributed by atoms with Gasteiger partial charge in [0.05, 0.1) is 6.61 Å². The number of nitrogens with zero attached hydrogens (tertiary/aromatic N) is 2. The molecule has 2 aromatic carbocycles. The summed E-state index contributed by atoms with van der Waals surface area (Å²) in [5.41, 5.74) is 1.14. The van der Waals surface area contributed by atoms with Crippen molar-refractivity contribution in [2.45, 2.75) is 18.8 Å². The number of aromatic nitrogens is 2. The number of hydrogen-bond donors (Lipinski definition) is 0. The third-order valence-electron chi connectivity index (χ3n) is 3.17. The molecule has 3 rings (SSSR count). The van der Waals surface area contributed by atoms with Crippen molar-refractivity contribution in [1.29, 1.82) is 0 Å². The van der Waals surface area contributed by atoms with Gasteiger partial charge in [-0.15, -0.1) is 10.2 Å². The molecule has 0 bridgehead atoms. The SMILES string of the molecule is Cc1cccc(OCc2nnc(SCCOc3cccc(Br)c3)o2)c1. The van der Waals surface area contributed by atoms with E-state index in [0.29, 0.717) is 23.5 Å².